The van der Waals surface area contributed by atoms with Gasteiger partial charge in [0, 0.05) is 76.4 Å². The molecular formula is C24H35N7O3S. The van der Waals surface area contributed by atoms with Crippen molar-refractivity contribution in [2.45, 2.75) is 32.4 Å². The average Bonchev–Trinajstić information content (AvgIpc) is 3.48. The molecule has 10 nitrogen and oxygen atoms in total. The van der Waals surface area contributed by atoms with Gasteiger partial charge >= 0.3 is 6.03 Å². The van der Waals surface area contributed by atoms with Crippen LogP contribution in [0.15, 0.2) is 30.5 Å². The summed E-state index contributed by atoms with van der Waals surface area (Å²) in [5.41, 5.74) is 4.00. The van der Waals surface area contributed by atoms with Crippen LogP contribution in [0.2, 0.25) is 0 Å². The Kier molecular flexibility index (Phi) is 6.73. The fraction of sp³-hybridized carbons (Fsp3) is 0.583. The van der Waals surface area contributed by atoms with Crippen LogP contribution in [0.1, 0.15) is 24.0 Å². The van der Waals surface area contributed by atoms with E-state index in [4.69, 9.17) is 0 Å². The number of fused-ring (bicyclic) bond motifs is 1. The number of benzene rings is 1. The minimum absolute atomic E-state index is 0.143. The molecule has 0 spiro atoms. The maximum atomic E-state index is 12.8. The number of nitrogens with zero attached hydrogens (tertiary/aromatic N) is 6. The van der Waals surface area contributed by atoms with E-state index in [1.54, 1.807) is 4.90 Å². The molecule has 0 radical (unpaired) electrons. The zero-order valence-electron chi connectivity index (χ0n) is 20.6. The number of hydrogen-bond donors (Lipinski definition) is 1. The summed E-state index contributed by atoms with van der Waals surface area (Å²) in [7, 11) is -3.43. The van der Waals surface area contributed by atoms with Gasteiger partial charge in [-0.1, -0.05) is 12.1 Å². The van der Waals surface area contributed by atoms with Gasteiger partial charge in [-0.25, -0.2) is 13.2 Å². The van der Waals surface area contributed by atoms with E-state index in [1.165, 1.54) is 53.1 Å². The van der Waals surface area contributed by atoms with E-state index in [9.17, 15) is 13.2 Å². The third-order valence-electron chi connectivity index (χ3n) is 7.33. The first-order chi connectivity index (χ1) is 16.7. The number of aromatic nitrogens is 2. The predicted octanol–water partition coefficient (Wildman–Crippen LogP) is 1.63. The summed E-state index contributed by atoms with van der Waals surface area (Å²) in [4.78, 5) is 22.2. The van der Waals surface area contributed by atoms with Crippen molar-refractivity contribution in [2.24, 2.45) is 0 Å². The molecule has 1 aromatic heterocycles. The maximum Gasteiger partial charge on any atom is 0.344 e. The summed E-state index contributed by atoms with van der Waals surface area (Å²) in [6.45, 7) is 10.5. The third-order valence-corrected chi connectivity index (χ3v) is 7.91. The lowest BCUT2D eigenvalue weighted by molar-refractivity contribution is 0.134. The molecular weight excluding hydrogens is 466 g/mol. The lowest BCUT2D eigenvalue weighted by Gasteiger charge is -2.39. The van der Waals surface area contributed by atoms with Crippen LogP contribution in [0.5, 0.6) is 0 Å². The summed E-state index contributed by atoms with van der Waals surface area (Å²) in [5.74, 6) is 0.143. The number of piperazine rings is 2. The van der Waals surface area contributed by atoms with E-state index in [2.05, 4.69) is 49.6 Å². The van der Waals surface area contributed by atoms with Gasteiger partial charge in [0.15, 0.2) is 5.82 Å². The molecule has 1 atom stereocenters. The number of hydrogen-bond acceptors (Lipinski definition) is 7. The molecule has 3 aliphatic rings. The van der Waals surface area contributed by atoms with Crippen LogP contribution in [-0.4, -0.2) is 104 Å². The molecule has 4 heterocycles. The van der Waals surface area contributed by atoms with Crippen LogP contribution in [0, 0.1) is 6.92 Å². The average molecular weight is 502 g/mol. The molecule has 190 valence electrons. The van der Waals surface area contributed by atoms with Gasteiger partial charge in [-0.2, -0.15) is 4.68 Å². The molecule has 11 heteroatoms. The van der Waals surface area contributed by atoms with Gasteiger partial charge in [-0.3, -0.25) is 14.5 Å². The zero-order chi connectivity index (χ0) is 24.6. The molecule has 0 aliphatic carbocycles. The molecule has 0 unspecified atom stereocenters. The first-order valence-electron chi connectivity index (χ1n) is 12.4. The number of sulfonamides is 1. The van der Waals surface area contributed by atoms with Gasteiger partial charge in [-0.15, -0.1) is 5.10 Å². The number of rotatable bonds is 5. The summed E-state index contributed by atoms with van der Waals surface area (Å²) in [5, 5.41) is 4.05. The quantitative estimate of drug-likeness (QED) is 0.666. The Labute approximate surface area is 207 Å². The second-order valence-corrected chi connectivity index (χ2v) is 11.7. The van der Waals surface area contributed by atoms with E-state index in [-0.39, 0.29) is 11.8 Å². The van der Waals surface area contributed by atoms with Crippen LogP contribution in [-0.2, 0) is 16.6 Å². The van der Waals surface area contributed by atoms with Gasteiger partial charge in [0.2, 0.25) is 10.0 Å². The van der Waals surface area contributed by atoms with E-state index in [1.807, 2.05) is 0 Å². The monoisotopic (exact) mass is 501 g/mol. The molecule has 0 bridgehead atoms. The molecule has 0 saturated carbocycles. The Morgan fingerprint density at radius 1 is 1.09 bits per heavy atom. The fourth-order valence-corrected chi connectivity index (χ4v) is 5.97. The number of carbonyl (C=O) groups is 1. The Balaban J connectivity index is 1.16. The smallest absolute Gasteiger partial charge is 0.344 e. The molecule has 1 amide bonds. The summed E-state index contributed by atoms with van der Waals surface area (Å²) < 4.78 is 26.2. The van der Waals surface area contributed by atoms with Crippen LogP contribution in [0.4, 0.5) is 16.3 Å². The van der Waals surface area contributed by atoms with Gasteiger partial charge in [-0.05, 0) is 43.5 Å². The van der Waals surface area contributed by atoms with E-state index < -0.39 is 10.0 Å². The molecule has 3 fully saturated rings. The lowest BCUT2D eigenvalue weighted by Crippen LogP contribution is -2.50. The number of anilines is 2. The van der Waals surface area contributed by atoms with E-state index in [0.29, 0.717) is 19.1 Å². The van der Waals surface area contributed by atoms with Crippen molar-refractivity contribution in [3.8, 4) is 0 Å². The zero-order valence-corrected chi connectivity index (χ0v) is 21.4. The molecule has 3 saturated heterocycles. The van der Waals surface area contributed by atoms with Crippen LogP contribution in [0.25, 0.3) is 0 Å². The molecule has 3 aliphatic heterocycles. The predicted molar refractivity (Wildman–Crippen MR) is 136 cm³/mol. The summed E-state index contributed by atoms with van der Waals surface area (Å²) in [6.07, 6.45) is 5.18. The third kappa shape index (κ3) is 5.62. The van der Waals surface area contributed by atoms with Gasteiger partial charge in [0.05, 0.1) is 6.26 Å². The Morgan fingerprint density at radius 3 is 2.66 bits per heavy atom. The maximum absolute atomic E-state index is 12.8. The van der Waals surface area contributed by atoms with E-state index in [0.717, 1.165) is 45.5 Å². The Hall–Kier alpha value is -2.63. The standard InChI is InChI=1S/C24H35N7O3S/c1-19-5-6-20(16-22(19)30-15-14-28-8-3-4-21(28)18-30)17-27-10-12-29(13-11-27)24(32)31-9-7-23(25-31)26-35(2,33)34/h5-7,9,16,21H,3-4,8,10-15,17-18H2,1-2H3,(H,25,26)/t21-/m0/s1. The second-order valence-electron chi connectivity index (χ2n) is 9.96. The highest BCUT2D eigenvalue weighted by atomic mass is 32.2. The van der Waals surface area contributed by atoms with Gasteiger partial charge < -0.3 is 9.80 Å². The van der Waals surface area contributed by atoms with Crippen LogP contribution in [0.3, 0.4) is 0 Å². The highest BCUT2D eigenvalue weighted by Gasteiger charge is 2.31. The molecule has 2 aromatic rings. The Bertz CT molecular complexity index is 1170. The second kappa shape index (κ2) is 9.79. The topological polar surface area (TPSA) is 94.0 Å². The SMILES string of the molecule is Cc1ccc(CN2CCN(C(=O)n3ccc(NS(C)(=O)=O)n3)CC2)cc1N1CCN2CCC[C@H]2C1. The number of nitrogens with one attached hydrogen (secondary N) is 1. The van der Waals surface area contributed by atoms with Crippen molar-refractivity contribution < 1.29 is 13.2 Å². The lowest BCUT2D eigenvalue weighted by atomic mass is 10.1. The van der Waals surface area contributed by atoms with Crippen molar-refractivity contribution in [3.05, 3.63) is 41.6 Å². The van der Waals surface area contributed by atoms with Crippen LogP contribution >= 0.6 is 0 Å². The first-order valence-corrected chi connectivity index (χ1v) is 14.3. The molecule has 5 rings (SSSR count). The van der Waals surface area contributed by atoms with Crippen molar-refractivity contribution in [1.29, 1.82) is 0 Å². The largest absolute Gasteiger partial charge is 0.368 e. The number of carbonyl (C=O) groups excluding carboxylic acids is 1. The highest BCUT2D eigenvalue weighted by molar-refractivity contribution is 7.92. The van der Waals surface area contributed by atoms with Crippen molar-refractivity contribution in [1.82, 2.24) is 24.5 Å². The summed E-state index contributed by atoms with van der Waals surface area (Å²) in [6, 6.07) is 8.77. The van der Waals surface area contributed by atoms with Gasteiger partial charge in [0.25, 0.3) is 0 Å². The number of aryl methyl sites for hydroxylation is 1. The molecule has 1 aromatic carbocycles. The first kappa shape index (κ1) is 24.1. The highest BCUT2D eigenvalue weighted by Crippen LogP contribution is 2.29. The normalized spacial score (nSPS) is 21.8. The van der Waals surface area contributed by atoms with Gasteiger partial charge in [0.1, 0.15) is 0 Å². The van der Waals surface area contributed by atoms with Crippen LogP contribution < -0.4 is 9.62 Å². The number of amides is 1. The van der Waals surface area contributed by atoms with Crippen molar-refractivity contribution >= 4 is 27.6 Å². The minimum atomic E-state index is -3.43. The van der Waals surface area contributed by atoms with Crippen molar-refractivity contribution in [3.63, 3.8) is 0 Å². The van der Waals surface area contributed by atoms with Crippen molar-refractivity contribution in [2.75, 3.05) is 68.2 Å². The molecule has 1 N–H and O–H groups in total. The Morgan fingerprint density at radius 2 is 1.89 bits per heavy atom. The molecule has 35 heavy (non-hydrogen) atoms. The summed E-state index contributed by atoms with van der Waals surface area (Å²) >= 11 is 0. The van der Waals surface area contributed by atoms with E-state index >= 15 is 0 Å². The fourth-order valence-electron chi connectivity index (χ4n) is 5.48. The minimum Gasteiger partial charge on any atom is -0.368 e.